The van der Waals surface area contributed by atoms with E-state index in [4.69, 9.17) is 4.42 Å². The van der Waals surface area contributed by atoms with Crippen LogP contribution in [-0.4, -0.2) is 42.0 Å². The molecule has 0 radical (unpaired) electrons. The summed E-state index contributed by atoms with van der Waals surface area (Å²) in [4.78, 5) is 19.2. The van der Waals surface area contributed by atoms with Crippen molar-refractivity contribution in [2.75, 3.05) is 26.2 Å². The second-order valence-electron chi connectivity index (χ2n) is 6.69. The van der Waals surface area contributed by atoms with Gasteiger partial charge >= 0.3 is 0 Å². The molecule has 2 aromatic heterocycles. The van der Waals surface area contributed by atoms with Crippen LogP contribution in [0.25, 0.3) is 21.0 Å². The topological polar surface area (TPSA) is 58.4 Å². The van der Waals surface area contributed by atoms with E-state index in [0.29, 0.717) is 17.4 Å². The van der Waals surface area contributed by atoms with Crippen LogP contribution in [0.2, 0.25) is 0 Å². The van der Waals surface area contributed by atoms with E-state index in [1.807, 2.05) is 35.2 Å². The molecular formula is C20H23N3O2S. The summed E-state index contributed by atoms with van der Waals surface area (Å²) in [5, 5.41) is 4.21. The summed E-state index contributed by atoms with van der Waals surface area (Å²) in [6.07, 6.45) is 2.09. The molecule has 0 unspecified atom stereocenters. The predicted molar refractivity (Wildman–Crippen MR) is 104 cm³/mol. The van der Waals surface area contributed by atoms with Crippen LogP contribution in [0.1, 0.15) is 30.3 Å². The lowest BCUT2D eigenvalue weighted by Crippen LogP contribution is -2.40. The first-order valence-electron chi connectivity index (χ1n) is 9.20. The van der Waals surface area contributed by atoms with Gasteiger partial charge in [-0.3, -0.25) is 4.79 Å². The molecule has 26 heavy (non-hydrogen) atoms. The van der Waals surface area contributed by atoms with Gasteiger partial charge in [-0.15, -0.1) is 11.3 Å². The fraction of sp³-hybridized carbons (Fsp3) is 0.400. The van der Waals surface area contributed by atoms with Crippen LogP contribution in [0.15, 0.2) is 40.8 Å². The first kappa shape index (κ1) is 17.2. The van der Waals surface area contributed by atoms with E-state index in [1.54, 1.807) is 17.4 Å². The number of amides is 1. The van der Waals surface area contributed by atoms with Crippen LogP contribution in [-0.2, 0) is 0 Å². The van der Waals surface area contributed by atoms with Crippen LogP contribution >= 0.6 is 11.3 Å². The summed E-state index contributed by atoms with van der Waals surface area (Å²) in [5.41, 5.74) is 0.958. The largest absolute Gasteiger partial charge is 0.448 e. The number of furan rings is 1. The Balaban J connectivity index is 1.43. The maximum atomic E-state index is 12.7. The molecular weight excluding hydrogens is 346 g/mol. The molecule has 6 heteroatoms. The number of hydrogen-bond donors (Lipinski definition) is 1. The molecule has 0 saturated carbocycles. The molecule has 0 spiro atoms. The Morgan fingerprint density at radius 1 is 1.27 bits per heavy atom. The van der Waals surface area contributed by atoms with Crippen molar-refractivity contribution in [1.82, 2.24) is 15.2 Å². The number of thiazole rings is 1. The third-order valence-electron chi connectivity index (χ3n) is 4.91. The fourth-order valence-electron chi connectivity index (χ4n) is 3.39. The Hall–Kier alpha value is -2.18. The number of rotatable bonds is 5. The average molecular weight is 369 g/mol. The molecule has 0 aliphatic carbocycles. The van der Waals surface area contributed by atoms with E-state index in [-0.39, 0.29) is 5.91 Å². The molecule has 4 rings (SSSR count). The minimum absolute atomic E-state index is 0.0146. The van der Waals surface area contributed by atoms with Gasteiger partial charge in [0, 0.05) is 13.1 Å². The van der Waals surface area contributed by atoms with Crippen molar-refractivity contribution in [1.29, 1.82) is 0 Å². The molecule has 0 atom stereocenters. The van der Waals surface area contributed by atoms with E-state index >= 15 is 0 Å². The maximum absolute atomic E-state index is 12.7. The molecule has 1 saturated heterocycles. The van der Waals surface area contributed by atoms with E-state index in [9.17, 15) is 4.79 Å². The summed E-state index contributed by atoms with van der Waals surface area (Å²) in [7, 11) is 0. The maximum Gasteiger partial charge on any atom is 0.289 e. The lowest BCUT2D eigenvalue weighted by atomic mass is 9.96. The smallest absolute Gasteiger partial charge is 0.289 e. The zero-order valence-corrected chi connectivity index (χ0v) is 15.7. The van der Waals surface area contributed by atoms with Gasteiger partial charge in [-0.05, 0) is 56.1 Å². The molecule has 1 aliphatic heterocycles. The minimum Gasteiger partial charge on any atom is -0.448 e. The van der Waals surface area contributed by atoms with Gasteiger partial charge in [0.15, 0.2) is 16.5 Å². The second kappa shape index (κ2) is 7.60. The monoisotopic (exact) mass is 369 g/mol. The number of fused-ring (bicyclic) bond motifs is 1. The summed E-state index contributed by atoms with van der Waals surface area (Å²) >= 11 is 1.58. The summed E-state index contributed by atoms with van der Waals surface area (Å²) < 4.78 is 6.97. The number of para-hydroxylation sites is 1. The minimum atomic E-state index is -0.0146. The summed E-state index contributed by atoms with van der Waals surface area (Å²) in [6.45, 7) is 5.76. The number of aromatic nitrogens is 1. The number of piperidine rings is 1. The van der Waals surface area contributed by atoms with Crippen LogP contribution in [0, 0.1) is 5.92 Å². The first-order valence-corrected chi connectivity index (χ1v) is 10.0. The van der Waals surface area contributed by atoms with Gasteiger partial charge in [0.1, 0.15) is 0 Å². The van der Waals surface area contributed by atoms with Crippen molar-refractivity contribution in [2.45, 2.75) is 19.8 Å². The number of hydrogen-bond acceptors (Lipinski definition) is 5. The molecule has 5 nitrogen and oxygen atoms in total. The molecule has 3 aromatic rings. The van der Waals surface area contributed by atoms with Gasteiger partial charge in [0.25, 0.3) is 5.91 Å². The highest BCUT2D eigenvalue weighted by atomic mass is 32.1. The van der Waals surface area contributed by atoms with Gasteiger partial charge in [-0.2, -0.15) is 0 Å². The number of carbonyl (C=O) groups excluding carboxylic acids is 1. The number of carbonyl (C=O) groups is 1. The van der Waals surface area contributed by atoms with Crippen molar-refractivity contribution in [3.8, 4) is 10.8 Å². The molecule has 1 aliphatic rings. The van der Waals surface area contributed by atoms with Crippen molar-refractivity contribution in [3.05, 3.63) is 42.2 Å². The van der Waals surface area contributed by atoms with E-state index in [1.165, 1.54) is 0 Å². The molecule has 0 bridgehead atoms. The average Bonchev–Trinajstić information content (AvgIpc) is 3.33. The quantitative estimate of drug-likeness (QED) is 0.738. The highest BCUT2D eigenvalue weighted by molar-refractivity contribution is 7.21. The van der Waals surface area contributed by atoms with Gasteiger partial charge in [0.2, 0.25) is 0 Å². The second-order valence-corrected chi connectivity index (χ2v) is 7.72. The number of benzene rings is 1. The lowest BCUT2D eigenvalue weighted by molar-refractivity contribution is 0.0659. The normalized spacial score (nSPS) is 15.7. The molecule has 3 heterocycles. The molecule has 1 aromatic carbocycles. The zero-order chi connectivity index (χ0) is 17.9. The summed E-state index contributed by atoms with van der Waals surface area (Å²) in [6, 6.07) is 11.6. The van der Waals surface area contributed by atoms with Crippen molar-refractivity contribution in [3.63, 3.8) is 0 Å². The highest BCUT2D eigenvalue weighted by Gasteiger charge is 2.25. The van der Waals surface area contributed by atoms with Gasteiger partial charge in [0.05, 0.1) is 10.2 Å². The fourth-order valence-corrected chi connectivity index (χ4v) is 4.32. The Kier molecular flexibility index (Phi) is 5.04. The van der Waals surface area contributed by atoms with E-state index < -0.39 is 0 Å². The molecule has 1 N–H and O–H groups in total. The van der Waals surface area contributed by atoms with Crippen LogP contribution < -0.4 is 5.32 Å². The number of nitrogens with one attached hydrogen (secondary N) is 1. The van der Waals surface area contributed by atoms with Gasteiger partial charge < -0.3 is 14.6 Å². The Labute approximate surface area is 157 Å². The van der Waals surface area contributed by atoms with E-state index in [2.05, 4.69) is 17.2 Å². The van der Waals surface area contributed by atoms with Gasteiger partial charge in [-0.1, -0.05) is 19.1 Å². The van der Waals surface area contributed by atoms with Crippen molar-refractivity contribution < 1.29 is 9.21 Å². The van der Waals surface area contributed by atoms with Crippen molar-refractivity contribution >= 4 is 27.5 Å². The van der Waals surface area contributed by atoms with E-state index in [0.717, 1.165) is 54.2 Å². The highest BCUT2D eigenvalue weighted by Crippen LogP contribution is 2.31. The molecule has 136 valence electrons. The third kappa shape index (κ3) is 3.52. The Morgan fingerprint density at radius 3 is 2.85 bits per heavy atom. The Morgan fingerprint density at radius 2 is 2.08 bits per heavy atom. The summed E-state index contributed by atoms with van der Waals surface area (Å²) in [5.74, 6) is 1.72. The molecule has 1 fully saturated rings. The van der Waals surface area contributed by atoms with Crippen LogP contribution in [0.5, 0.6) is 0 Å². The third-order valence-corrected chi connectivity index (χ3v) is 5.96. The zero-order valence-electron chi connectivity index (χ0n) is 14.9. The lowest BCUT2D eigenvalue weighted by Gasteiger charge is -2.31. The molecule has 1 amide bonds. The van der Waals surface area contributed by atoms with Crippen LogP contribution in [0.4, 0.5) is 0 Å². The number of likely N-dealkylation sites (tertiary alicyclic amines) is 1. The first-order chi connectivity index (χ1) is 12.7. The standard InChI is InChI=1S/C20H23N3O2S/c1-2-21-13-14-9-11-23(12-10-14)20(24)17-8-7-16(25-17)19-22-15-5-3-4-6-18(15)26-19/h3-8,14,21H,2,9-13H2,1H3. The SMILES string of the molecule is CCNCC1CCN(C(=O)c2ccc(-c3nc4ccccc4s3)o2)CC1. The van der Waals surface area contributed by atoms with Crippen LogP contribution in [0.3, 0.4) is 0 Å². The van der Waals surface area contributed by atoms with Gasteiger partial charge in [-0.25, -0.2) is 4.98 Å². The van der Waals surface area contributed by atoms with Crippen molar-refractivity contribution in [2.24, 2.45) is 5.92 Å². The predicted octanol–water partition coefficient (Wildman–Crippen LogP) is 4.02. The Bertz CT molecular complexity index is 860. The number of nitrogens with zero attached hydrogens (tertiary/aromatic N) is 2.